The SMILES string of the molecule is COC(=O)c1occc1CNc1ccc(OCC#N)cc1. The Balaban J connectivity index is 1.96. The van der Waals surface area contributed by atoms with Gasteiger partial charge in [0.1, 0.15) is 11.8 Å². The van der Waals surface area contributed by atoms with Crippen LogP contribution >= 0.6 is 0 Å². The standard InChI is InChI=1S/C15H14N2O4/c1-19-15(18)14-11(6-8-21-14)10-17-12-2-4-13(5-3-12)20-9-7-16/h2-6,8,17H,9-10H2,1H3. The number of nitriles is 1. The quantitative estimate of drug-likeness (QED) is 0.821. The molecule has 0 unspecified atom stereocenters. The lowest BCUT2D eigenvalue weighted by atomic mass is 10.2. The third-order valence-corrected chi connectivity index (χ3v) is 2.76. The van der Waals surface area contributed by atoms with Gasteiger partial charge in [-0.2, -0.15) is 5.26 Å². The van der Waals surface area contributed by atoms with E-state index in [1.807, 2.05) is 18.2 Å². The number of methoxy groups -OCH3 is 1. The molecular formula is C15H14N2O4. The van der Waals surface area contributed by atoms with Crippen molar-refractivity contribution < 1.29 is 18.7 Å². The van der Waals surface area contributed by atoms with E-state index >= 15 is 0 Å². The van der Waals surface area contributed by atoms with E-state index in [0.717, 1.165) is 5.69 Å². The van der Waals surface area contributed by atoms with Crippen LogP contribution < -0.4 is 10.1 Å². The molecule has 2 rings (SSSR count). The number of benzene rings is 1. The molecule has 21 heavy (non-hydrogen) atoms. The van der Waals surface area contributed by atoms with E-state index < -0.39 is 5.97 Å². The zero-order valence-corrected chi connectivity index (χ0v) is 11.5. The van der Waals surface area contributed by atoms with Crippen molar-refractivity contribution in [3.8, 4) is 11.8 Å². The first kappa shape index (κ1) is 14.5. The van der Waals surface area contributed by atoms with Gasteiger partial charge < -0.3 is 19.2 Å². The zero-order valence-electron chi connectivity index (χ0n) is 11.5. The summed E-state index contributed by atoms with van der Waals surface area (Å²) in [4.78, 5) is 11.5. The Morgan fingerprint density at radius 1 is 1.33 bits per heavy atom. The first-order valence-electron chi connectivity index (χ1n) is 6.23. The first-order chi connectivity index (χ1) is 10.2. The van der Waals surface area contributed by atoms with E-state index in [2.05, 4.69) is 10.1 Å². The summed E-state index contributed by atoms with van der Waals surface area (Å²) in [5.41, 5.74) is 1.57. The van der Waals surface area contributed by atoms with Gasteiger partial charge in [0.05, 0.1) is 13.4 Å². The third kappa shape index (κ3) is 3.76. The number of ether oxygens (including phenoxy) is 2. The van der Waals surface area contributed by atoms with Crippen LogP contribution in [0.2, 0.25) is 0 Å². The van der Waals surface area contributed by atoms with Gasteiger partial charge in [0.2, 0.25) is 5.76 Å². The molecule has 0 amide bonds. The Labute approximate surface area is 121 Å². The molecule has 6 heteroatoms. The van der Waals surface area contributed by atoms with Crippen LogP contribution in [0.4, 0.5) is 5.69 Å². The van der Waals surface area contributed by atoms with Gasteiger partial charge in [-0.05, 0) is 30.3 Å². The number of anilines is 1. The van der Waals surface area contributed by atoms with Crippen molar-refractivity contribution in [2.75, 3.05) is 19.0 Å². The van der Waals surface area contributed by atoms with E-state index in [4.69, 9.17) is 14.4 Å². The highest BCUT2D eigenvalue weighted by atomic mass is 16.5. The van der Waals surface area contributed by atoms with Crippen LogP contribution in [0.3, 0.4) is 0 Å². The molecule has 0 spiro atoms. The molecule has 0 fully saturated rings. The van der Waals surface area contributed by atoms with Crippen molar-refractivity contribution in [1.82, 2.24) is 0 Å². The largest absolute Gasteiger partial charge is 0.479 e. The molecule has 2 aromatic rings. The van der Waals surface area contributed by atoms with E-state index in [1.165, 1.54) is 13.4 Å². The summed E-state index contributed by atoms with van der Waals surface area (Å²) < 4.78 is 14.9. The fourth-order valence-electron chi connectivity index (χ4n) is 1.73. The highest BCUT2D eigenvalue weighted by Gasteiger charge is 2.15. The molecule has 0 radical (unpaired) electrons. The van der Waals surface area contributed by atoms with E-state index in [-0.39, 0.29) is 12.4 Å². The van der Waals surface area contributed by atoms with E-state index in [1.54, 1.807) is 18.2 Å². The number of hydrogen-bond donors (Lipinski definition) is 1. The molecule has 1 aromatic heterocycles. The molecule has 0 bridgehead atoms. The Hall–Kier alpha value is -2.94. The van der Waals surface area contributed by atoms with E-state index in [0.29, 0.717) is 17.9 Å². The minimum atomic E-state index is -0.503. The molecule has 1 aromatic carbocycles. The number of hydrogen-bond acceptors (Lipinski definition) is 6. The van der Waals surface area contributed by atoms with Crippen molar-refractivity contribution >= 4 is 11.7 Å². The molecule has 6 nitrogen and oxygen atoms in total. The highest BCUT2D eigenvalue weighted by molar-refractivity contribution is 5.87. The Kier molecular flexibility index (Phi) is 4.83. The van der Waals surface area contributed by atoms with Crippen molar-refractivity contribution in [3.63, 3.8) is 0 Å². The molecule has 0 aliphatic rings. The second-order valence-corrected chi connectivity index (χ2v) is 4.09. The third-order valence-electron chi connectivity index (χ3n) is 2.76. The maximum atomic E-state index is 11.5. The van der Waals surface area contributed by atoms with Crippen LogP contribution in [0.25, 0.3) is 0 Å². The van der Waals surface area contributed by atoms with Gasteiger partial charge >= 0.3 is 5.97 Å². The number of nitrogens with one attached hydrogen (secondary N) is 1. The van der Waals surface area contributed by atoms with Crippen LogP contribution in [-0.4, -0.2) is 19.7 Å². The number of carbonyl (C=O) groups is 1. The van der Waals surface area contributed by atoms with Gasteiger partial charge in [0.15, 0.2) is 6.61 Å². The van der Waals surface area contributed by atoms with Gasteiger partial charge in [0.25, 0.3) is 0 Å². The second kappa shape index (κ2) is 7.01. The normalized spacial score (nSPS) is 9.71. The van der Waals surface area contributed by atoms with Gasteiger partial charge in [-0.3, -0.25) is 0 Å². The van der Waals surface area contributed by atoms with Gasteiger partial charge in [0, 0.05) is 17.8 Å². The lowest BCUT2D eigenvalue weighted by Gasteiger charge is -2.07. The number of carbonyl (C=O) groups excluding carboxylic acids is 1. The van der Waals surface area contributed by atoms with Crippen LogP contribution in [0.5, 0.6) is 5.75 Å². The fraction of sp³-hybridized carbons (Fsp3) is 0.200. The molecule has 0 saturated heterocycles. The van der Waals surface area contributed by atoms with Crippen molar-refractivity contribution in [1.29, 1.82) is 5.26 Å². The highest BCUT2D eigenvalue weighted by Crippen LogP contribution is 2.18. The number of esters is 1. The predicted molar refractivity (Wildman–Crippen MR) is 74.9 cm³/mol. The molecule has 1 heterocycles. The maximum Gasteiger partial charge on any atom is 0.374 e. The molecule has 0 saturated carbocycles. The summed E-state index contributed by atoms with van der Waals surface area (Å²) in [5, 5.41) is 11.6. The predicted octanol–water partition coefficient (Wildman–Crippen LogP) is 2.58. The molecule has 108 valence electrons. The Bertz CT molecular complexity index is 640. The summed E-state index contributed by atoms with van der Waals surface area (Å²) in [6.45, 7) is 0.448. The molecule has 0 aliphatic carbocycles. The summed E-state index contributed by atoms with van der Waals surface area (Å²) in [6.07, 6.45) is 1.45. The van der Waals surface area contributed by atoms with Crippen LogP contribution in [0.15, 0.2) is 41.0 Å². The topological polar surface area (TPSA) is 84.5 Å². The maximum absolute atomic E-state index is 11.5. The van der Waals surface area contributed by atoms with E-state index in [9.17, 15) is 4.79 Å². The van der Waals surface area contributed by atoms with Crippen LogP contribution in [0.1, 0.15) is 16.1 Å². The Morgan fingerprint density at radius 3 is 2.76 bits per heavy atom. The molecule has 1 N–H and O–H groups in total. The van der Waals surface area contributed by atoms with Crippen molar-refractivity contribution in [2.24, 2.45) is 0 Å². The molecular weight excluding hydrogens is 272 g/mol. The number of nitrogens with zero attached hydrogens (tertiary/aromatic N) is 1. The lowest BCUT2D eigenvalue weighted by Crippen LogP contribution is -2.06. The lowest BCUT2D eigenvalue weighted by molar-refractivity contribution is 0.0563. The van der Waals surface area contributed by atoms with Gasteiger partial charge in [-0.15, -0.1) is 0 Å². The first-order valence-corrected chi connectivity index (χ1v) is 6.23. The van der Waals surface area contributed by atoms with Crippen LogP contribution in [-0.2, 0) is 11.3 Å². The van der Waals surface area contributed by atoms with Gasteiger partial charge in [-0.25, -0.2) is 4.79 Å². The Morgan fingerprint density at radius 2 is 2.10 bits per heavy atom. The fourth-order valence-corrected chi connectivity index (χ4v) is 1.73. The number of rotatable bonds is 6. The van der Waals surface area contributed by atoms with Crippen molar-refractivity contribution in [3.05, 3.63) is 47.9 Å². The summed E-state index contributed by atoms with van der Waals surface area (Å²) in [7, 11) is 1.31. The summed E-state index contributed by atoms with van der Waals surface area (Å²) in [6, 6.07) is 10.8. The summed E-state index contributed by atoms with van der Waals surface area (Å²) in [5.74, 6) is 0.316. The average Bonchev–Trinajstić information content (AvgIpc) is 2.99. The number of furan rings is 1. The van der Waals surface area contributed by atoms with Gasteiger partial charge in [-0.1, -0.05) is 0 Å². The zero-order chi connectivity index (χ0) is 15.1. The monoisotopic (exact) mass is 286 g/mol. The average molecular weight is 286 g/mol. The molecule has 0 aliphatic heterocycles. The van der Waals surface area contributed by atoms with Crippen molar-refractivity contribution in [2.45, 2.75) is 6.54 Å². The second-order valence-electron chi connectivity index (χ2n) is 4.09. The summed E-state index contributed by atoms with van der Waals surface area (Å²) >= 11 is 0. The molecule has 0 atom stereocenters. The van der Waals surface area contributed by atoms with Crippen LogP contribution in [0, 0.1) is 11.3 Å². The minimum Gasteiger partial charge on any atom is -0.479 e. The smallest absolute Gasteiger partial charge is 0.374 e. The minimum absolute atomic E-state index is 0.0181.